The average Bonchev–Trinajstić information content (AvgIpc) is 1.56. The van der Waals surface area contributed by atoms with Crippen LogP contribution in [0.5, 0.6) is 0 Å². The van der Waals surface area contributed by atoms with E-state index in [0.29, 0.717) is 0 Å². The maximum atomic E-state index is 5.59. The van der Waals surface area contributed by atoms with E-state index in [-0.39, 0.29) is 43.3 Å². The smallest absolute Gasteiger partial charge is 0.145 e. The van der Waals surface area contributed by atoms with Gasteiger partial charge in [0.15, 0.2) is 0 Å². The Morgan fingerprint density at radius 3 is 0.500 bits per heavy atom. The van der Waals surface area contributed by atoms with Crippen LogP contribution in [-0.4, -0.2) is 46.5 Å². The molecule has 8 aromatic heterocycles. The summed E-state index contributed by atoms with van der Waals surface area (Å²) in [4.78, 5) is 11.2. The summed E-state index contributed by atoms with van der Waals surface area (Å²) in [6.45, 7) is 55.7. The summed E-state index contributed by atoms with van der Waals surface area (Å²) in [6.07, 6.45) is 0. The third-order valence-corrected chi connectivity index (χ3v) is 31.7. The van der Waals surface area contributed by atoms with Crippen molar-refractivity contribution in [3.05, 3.63) is 384 Å². The van der Waals surface area contributed by atoms with Gasteiger partial charge in [-0.1, -0.05) is 257 Å². The molecule has 0 N–H and O–H groups in total. The number of para-hydroxylation sites is 4. The quantitative estimate of drug-likeness (QED) is 0.137. The van der Waals surface area contributed by atoms with Gasteiger partial charge in [0.05, 0.1) is 88.3 Å². The van der Waals surface area contributed by atoms with Crippen LogP contribution in [0.25, 0.3) is 221 Å². The molecule has 0 aliphatic rings. The number of nitrogens with zero attached hydrogens (tertiary/aromatic N) is 10. The normalized spacial score (nSPS) is 13.2. The molecular weight excluding hydrogens is 1770 g/mol. The highest BCUT2D eigenvalue weighted by molar-refractivity contribution is 6.18. The molecule has 10 heteroatoms. The summed E-state index contributed by atoms with van der Waals surface area (Å²) < 4.78 is 19.7. The second-order valence-electron chi connectivity index (χ2n) is 49.8. The fraction of sp³-hybridized carbons (Fsp3) is 0.235. The molecule has 10 nitrogen and oxygen atoms in total. The number of imidazole rings is 2. The van der Waals surface area contributed by atoms with E-state index in [2.05, 4.69) is 542 Å². The van der Waals surface area contributed by atoms with Crippen molar-refractivity contribution >= 4 is 153 Å². The lowest BCUT2D eigenvalue weighted by Crippen LogP contribution is -2.10. The molecule has 25 rings (SSSR count). The number of rotatable bonds is 10. The highest BCUT2D eigenvalue weighted by atomic mass is 15.1. The molecule has 0 aliphatic carbocycles. The first kappa shape index (κ1) is 91.7. The van der Waals surface area contributed by atoms with E-state index in [4.69, 9.17) is 9.97 Å². The van der Waals surface area contributed by atoms with E-state index >= 15 is 0 Å². The largest absolute Gasteiger partial charge is 0.309 e. The van der Waals surface area contributed by atoms with Gasteiger partial charge in [-0.05, 0) is 337 Å². The van der Waals surface area contributed by atoms with E-state index in [1.807, 2.05) is 0 Å². The Morgan fingerprint density at radius 2 is 0.301 bits per heavy atom. The molecule has 0 bridgehead atoms. The first-order valence-corrected chi connectivity index (χ1v) is 52.2. The van der Waals surface area contributed by atoms with Crippen molar-refractivity contribution in [2.45, 2.75) is 209 Å². The van der Waals surface area contributed by atoms with Crippen LogP contribution in [0.1, 0.15) is 211 Å². The molecule has 0 saturated carbocycles. The van der Waals surface area contributed by atoms with E-state index in [0.717, 1.165) is 112 Å². The highest BCUT2D eigenvalue weighted by Crippen LogP contribution is 2.49. The Kier molecular flexibility index (Phi) is 20.1. The van der Waals surface area contributed by atoms with Crippen LogP contribution in [0.15, 0.2) is 340 Å². The predicted octanol–water partition coefficient (Wildman–Crippen LogP) is 36.7. The lowest BCUT2D eigenvalue weighted by atomic mass is 9.85. The maximum Gasteiger partial charge on any atom is 0.145 e. The van der Waals surface area contributed by atoms with E-state index < -0.39 is 0 Å². The minimum atomic E-state index is -0.0351. The number of hydrogen-bond donors (Lipinski definition) is 0. The Hall–Kier alpha value is -15.5. The lowest BCUT2D eigenvalue weighted by Gasteiger charge is -2.19. The molecule has 25 aromatic rings. The van der Waals surface area contributed by atoms with Crippen LogP contribution in [0.2, 0.25) is 0 Å². The molecule has 0 amide bonds. The zero-order chi connectivity index (χ0) is 101. The molecule has 0 atom stereocenters. The van der Waals surface area contributed by atoms with Crippen LogP contribution < -0.4 is 0 Å². The monoisotopic (exact) mass is 1900 g/mol. The Morgan fingerprint density at radius 1 is 0.137 bits per heavy atom. The zero-order valence-electron chi connectivity index (χ0n) is 88.8. The first-order valence-electron chi connectivity index (χ1n) is 52.2. The van der Waals surface area contributed by atoms with Crippen molar-refractivity contribution in [2.24, 2.45) is 0 Å². The third-order valence-electron chi connectivity index (χ3n) is 31.7. The molecule has 17 aromatic carbocycles. The van der Waals surface area contributed by atoms with Crippen molar-refractivity contribution < 1.29 is 0 Å². The van der Waals surface area contributed by atoms with E-state index in [1.54, 1.807) is 0 Å². The molecule has 0 spiro atoms. The molecule has 146 heavy (non-hydrogen) atoms. The van der Waals surface area contributed by atoms with Gasteiger partial charge < -0.3 is 27.4 Å². The van der Waals surface area contributed by atoms with Crippen molar-refractivity contribution in [3.8, 4) is 68.3 Å². The molecule has 0 aliphatic heterocycles. The van der Waals surface area contributed by atoms with Crippen LogP contribution in [0.4, 0.5) is 0 Å². The summed E-state index contributed by atoms with van der Waals surface area (Å²) >= 11 is 0. The molecular formula is C136H128N10. The van der Waals surface area contributed by atoms with Crippen LogP contribution in [-0.2, 0) is 43.3 Å². The van der Waals surface area contributed by atoms with Gasteiger partial charge in [-0.2, -0.15) is 0 Å². The van der Waals surface area contributed by atoms with Gasteiger partial charge >= 0.3 is 0 Å². The Balaban J connectivity index is 0.616. The summed E-state index contributed by atoms with van der Waals surface area (Å²) in [6, 6.07) is 130. The van der Waals surface area contributed by atoms with Crippen molar-refractivity contribution in [1.82, 2.24) is 46.5 Å². The molecule has 722 valence electrons. The van der Waals surface area contributed by atoms with Gasteiger partial charge in [0.25, 0.3) is 0 Å². The molecule has 0 unspecified atom stereocenters. The van der Waals surface area contributed by atoms with Gasteiger partial charge in [-0.15, -0.1) is 0 Å². The second kappa shape index (κ2) is 32.0. The fourth-order valence-corrected chi connectivity index (χ4v) is 23.3. The second-order valence-corrected chi connectivity index (χ2v) is 49.8. The van der Waals surface area contributed by atoms with Gasteiger partial charge in [0.1, 0.15) is 11.6 Å². The summed E-state index contributed by atoms with van der Waals surface area (Å²) in [7, 11) is 0. The molecule has 0 fully saturated rings. The first-order chi connectivity index (χ1) is 69.4. The van der Waals surface area contributed by atoms with Gasteiger partial charge in [-0.3, -0.25) is 9.13 Å². The third kappa shape index (κ3) is 14.7. The van der Waals surface area contributed by atoms with Crippen LogP contribution >= 0.6 is 0 Å². The van der Waals surface area contributed by atoms with Crippen molar-refractivity contribution in [3.63, 3.8) is 0 Å². The van der Waals surface area contributed by atoms with Crippen molar-refractivity contribution in [1.29, 1.82) is 0 Å². The molecule has 8 heterocycles. The Bertz CT molecular complexity index is 8530. The number of hydrogen-bond acceptors (Lipinski definition) is 2. The van der Waals surface area contributed by atoms with Crippen molar-refractivity contribution in [2.75, 3.05) is 0 Å². The number of fused-ring (bicyclic) bond motifs is 20. The minimum absolute atomic E-state index is 0.0351. The summed E-state index contributed by atoms with van der Waals surface area (Å²) in [5, 5.41) is 14.8. The number of aromatic nitrogens is 10. The summed E-state index contributed by atoms with van der Waals surface area (Å²) in [5.41, 5.74) is 38.6. The van der Waals surface area contributed by atoms with Gasteiger partial charge in [-0.25, -0.2) is 9.97 Å². The lowest BCUT2D eigenvalue weighted by molar-refractivity contribution is 0.590. The Labute approximate surface area is 855 Å². The predicted molar refractivity (Wildman–Crippen MR) is 622 cm³/mol. The zero-order valence-corrected chi connectivity index (χ0v) is 88.8. The standard InChI is InChI=1S/C136H128N10/c1-129(2,3)83-36-56-113-99(69-83)100-70-84(130(4,5)6)37-57-114(100)141(113)95-52-64-121-107(77-95)108-78-96(142-115-58-38-85(131(7,8)9)71-101(115)102-72-86(132(10,11)12)39-59-116(102)142)53-65-122(108)139(121)91-44-48-93(49-45-91)145-125-34-27-25-32-111(125)137-127(145)81-30-29-31-82(68-81)128-138-112-33-26-28-35-126(112)146(128)94-50-46-92(47-51-94)140-123-66-54-97(143-117-60-40-87(133(13,14)15)73-103(117)104-74-88(134(16,17)18)41-61-118(104)143)79-109(123)110-80-98(55-67-124(110)140)144-119-62-42-89(135(19,20)21)75-105(119)106-76-90(136(22,23)24)43-63-120(106)144/h25-80H,1-24H3. The van der Waals surface area contributed by atoms with E-state index in [1.165, 1.54) is 153 Å². The van der Waals surface area contributed by atoms with Crippen LogP contribution in [0, 0.1) is 0 Å². The fourth-order valence-electron chi connectivity index (χ4n) is 23.3. The molecule has 0 radical (unpaired) electrons. The van der Waals surface area contributed by atoms with E-state index in [9.17, 15) is 0 Å². The maximum absolute atomic E-state index is 5.59. The summed E-state index contributed by atoms with van der Waals surface area (Å²) in [5.74, 6) is 1.66. The SMILES string of the molecule is CC(C)(C)c1ccc2c(c1)c1cc(C(C)(C)C)ccc1n2-c1ccc2c(c1)c1cc(-n3c4ccc(C(C)(C)C)cc4c4cc(C(C)(C)C)ccc43)ccc1n2-c1ccc(-n2c(-c3cccc(-c4nc5ccccc5n4-c4ccc(-n5c6ccc(-n7c8ccc(C(C)(C)C)cc8c8cc(C(C)(C)C)ccc87)cc6c6cc(-n7c8ccc(C(C)(C)C)cc8c8cc(C(C)(C)C)ccc87)ccc65)cc4)c3)nc3ccccc32)cc1. The highest BCUT2D eigenvalue weighted by Gasteiger charge is 2.32. The average molecular weight is 1900 g/mol. The minimum Gasteiger partial charge on any atom is -0.309 e. The van der Waals surface area contributed by atoms with Gasteiger partial charge in [0.2, 0.25) is 0 Å². The topological polar surface area (TPSA) is 65.2 Å². The van der Waals surface area contributed by atoms with Gasteiger partial charge in [0, 0.05) is 121 Å². The van der Waals surface area contributed by atoms with Crippen LogP contribution in [0.3, 0.4) is 0 Å². The molecule has 0 saturated heterocycles. The number of benzene rings is 17.